The Morgan fingerprint density at radius 2 is 1.64 bits per heavy atom. The van der Waals surface area contributed by atoms with E-state index in [-0.39, 0.29) is 6.54 Å². The van der Waals surface area contributed by atoms with Crippen LogP contribution in [-0.2, 0) is 16.1 Å². The molecule has 0 radical (unpaired) electrons. The molecule has 0 aromatic heterocycles. The predicted molar refractivity (Wildman–Crippen MR) is 104 cm³/mol. The molecule has 1 aromatic carbocycles. The van der Waals surface area contributed by atoms with Crippen LogP contribution in [0, 0.1) is 17.8 Å². The molecule has 1 heterocycles. The fourth-order valence-electron chi connectivity index (χ4n) is 6.44. The average Bonchev–Trinajstić information content (AvgIpc) is 2.84. The molecule has 0 spiro atoms. The highest BCUT2D eigenvalue weighted by Gasteiger charge is 2.61. The molecule has 5 aliphatic rings. The van der Waals surface area contributed by atoms with Crippen molar-refractivity contribution in [1.82, 2.24) is 9.80 Å². The van der Waals surface area contributed by atoms with E-state index < -0.39 is 23.4 Å². The van der Waals surface area contributed by atoms with Crippen LogP contribution in [0.15, 0.2) is 22.7 Å². The van der Waals surface area contributed by atoms with Crippen LogP contribution in [0.25, 0.3) is 0 Å². The van der Waals surface area contributed by atoms with Crippen molar-refractivity contribution in [1.29, 1.82) is 0 Å². The van der Waals surface area contributed by atoms with Gasteiger partial charge >= 0.3 is 17.8 Å². The molecule has 4 bridgehead atoms. The Kier molecular flexibility index (Phi) is 4.09. The van der Waals surface area contributed by atoms with Crippen molar-refractivity contribution < 1.29 is 19.1 Å². The van der Waals surface area contributed by atoms with Gasteiger partial charge in [-0.15, -0.1) is 0 Å². The monoisotopic (exact) mass is 446 g/mol. The molecule has 1 aromatic rings. The van der Waals surface area contributed by atoms with Crippen molar-refractivity contribution >= 4 is 33.8 Å². The molecule has 4 amide bonds. The standard InChI is InChI=1S/C21H23BrN2O4/c1-28-17-3-2-16(22)7-15(17)11-23-18(25)19(26)24(20(23)27)21-8-12-4-13(9-21)6-14(5-12)10-21/h2-3,7,12-14H,4-6,8-11H2,1H3. The zero-order chi connectivity index (χ0) is 19.6. The summed E-state index contributed by atoms with van der Waals surface area (Å²) in [4.78, 5) is 41.4. The Morgan fingerprint density at radius 1 is 1.04 bits per heavy atom. The second kappa shape index (κ2) is 6.31. The number of amides is 4. The van der Waals surface area contributed by atoms with Gasteiger partial charge in [0.1, 0.15) is 5.75 Å². The van der Waals surface area contributed by atoms with E-state index in [0.29, 0.717) is 29.1 Å². The Balaban J connectivity index is 1.46. The smallest absolute Gasteiger partial charge is 0.335 e. The number of methoxy groups -OCH3 is 1. The van der Waals surface area contributed by atoms with Crippen molar-refractivity contribution in [2.75, 3.05) is 7.11 Å². The third kappa shape index (κ3) is 2.62. The van der Waals surface area contributed by atoms with Crippen molar-refractivity contribution in [3.8, 4) is 5.75 Å². The number of halogens is 1. The summed E-state index contributed by atoms with van der Waals surface area (Å²) < 4.78 is 6.19. The average molecular weight is 447 g/mol. The fraction of sp³-hybridized carbons (Fsp3) is 0.571. The van der Waals surface area contributed by atoms with Crippen LogP contribution in [-0.4, -0.2) is 40.3 Å². The number of carbonyl (C=O) groups is 3. The van der Waals surface area contributed by atoms with Crippen molar-refractivity contribution in [3.05, 3.63) is 28.2 Å². The summed E-state index contributed by atoms with van der Waals surface area (Å²) in [7, 11) is 1.55. The predicted octanol–water partition coefficient (Wildman–Crippen LogP) is 3.72. The van der Waals surface area contributed by atoms with Crippen LogP contribution in [0.4, 0.5) is 4.79 Å². The van der Waals surface area contributed by atoms with Gasteiger partial charge in [0.15, 0.2) is 0 Å². The highest BCUT2D eigenvalue weighted by molar-refractivity contribution is 9.10. The first kappa shape index (κ1) is 18.2. The lowest BCUT2D eigenvalue weighted by Crippen LogP contribution is -2.61. The number of hydrogen-bond donors (Lipinski definition) is 0. The Labute approximate surface area is 172 Å². The molecule has 1 saturated heterocycles. The second-order valence-corrected chi connectivity index (χ2v) is 9.83. The van der Waals surface area contributed by atoms with E-state index in [9.17, 15) is 14.4 Å². The van der Waals surface area contributed by atoms with Crippen molar-refractivity contribution in [2.45, 2.75) is 50.6 Å². The van der Waals surface area contributed by atoms with E-state index in [1.807, 2.05) is 12.1 Å². The van der Waals surface area contributed by atoms with Crippen LogP contribution in [0.5, 0.6) is 5.75 Å². The molecule has 6 rings (SSSR count). The van der Waals surface area contributed by atoms with Gasteiger partial charge in [0.2, 0.25) is 0 Å². The molecular formula is C21H23BrN2O4. The molecule has 1 aliphatic heterocycles. The van der Waals surface area contributed by atoms with Crippen LogP contribution in [0.1, 0.15) is 44.1 Å². The molecule has 5 fully saturated rings. The van der Waals surface area contributed by atoms with E-state index in [1.54, 1.807) is 13.2 Å². The quantitative estimate of drug-likeness (QED) is 0.522. The summed E-state index contributed by atoms with van der Waals surface area (Å²) in [5.41, 5.74) is 0.244. The first-order valence-electron chi connectivity index (χ1n) is 9.92. The minimum Gasteiger partial charge on any atom is -0.496 e. The number of hydrogen-bond acceptors (Lipinski definition) is 4. The molecule has 7 heteroatoms. The molecule has 28 heavy (non-hydrogen) atoms. The maximum Gasteiger partial charge on any atom is 0.335 e. The van der Waals surface area contributed by atoms with E-state index in [1.165, 1.54) is 24.2 Å². The van der Waals surface area contributed by atoms with Crippen molar-refractivity contribution in [2.24, 2.45) is 17.8 Å². The Hall–Kier alpha value is -1.89. The topological polar surface area (TPSA) is 66.9 Å². The summed E-state index contributed by atoms with van der Waals surface area (Å²) in [6.45, 7) is 0.0366. The number of ether oxygens (including phenoxy) is 1. The molecule has 6 nitrogen and oxygen atoms in total. The lowest BCUT2D eigenvalue weighted by molar-refractivity contribution is -0.150. The van der Waals surface area contributed by atoms with Gasteiger partial charge in [-0.1, -0.05) is 15.9 Å². The largest absolute Gasteiger partial charge is 0.496 e. The van der Waals surface area contributed by atoms with Gasteiger partial charge in [0.25, 0.3) is 0 Å². The van der Waals surface area contributed by atoms with Crippen molar-refractivity contribution in [3.63, 3.8) is 0 Å². The van der Waals surface area contributed by atoms with E-state index in [2.05, 4.69) is 15.9 Å². The van der Waals surface area contributed by atoms with Gasteiger partial charge < -0.3 is 4.74 Å². The molecule has 148 valence electrons. The van der Waals surface area contributed by atoms with E-state index >= 15 is 0 Å². The number of benzene rings is 1. The minimum absolute atomic E-state index is 0.0366. The third-order valence-corrected chi connectivity index (χ3v) is 7.60. The van der Waals surface area contributed by atoms with Crippen LogP contribution in [0.2, 0.25) is 0 Å². The number of rotatable bonds is 4. The van der Waals surface area contributed by atoms with E-state index in [4.69, 9.17) is 4.74 Å². The van der Waals surface area contributed by atoms with Crippen LogP contribution < -0.4 is 4.74 Å². The molecule has 0 N–H and O–H groups in total. The zero-order valence-corrected chi connectivity index (χ0v) is 17.4. The lowest BCUT2D eigenvalue weighted by Gasteiger charge is -2.58. The number of imide groups is 2. The third-order valence-electron chi connectivity index (χ3n) is 7.10. The maximum atomic E-state index is 13.3. The zero-order valence-electron chi connectivity index (χ0n) is 15.8. The Bertz CT molecular complexity index is 848. The summed E-state index contributed by atoms with van der Waals surface area (Å²) in [5.74, 6) is 0.969. The maximum absolute atomic E-state index is 13.3. The fourth-order valence-corrected chi connectivity index (χ4v) is 6.85. The van der Waals surface area contributed by atoms with Gasteiger partial charge in [0.05, 0.1) is 19.2 Å². The summed E-state index contributed by atoms with van der Waals surface area (Å²) >= 11 is 3.42. The molecule has 0 unspecified atom stereocenters. The Morgan fingerprint density at radius 3 is 2.21 bits per heavy atom. The molecular weight excluding hydrogens is 424 g/mol. The molecule has 4 aliphatic carbocycles. The highest BCUT2D eigenvalue weighted by Crippen LogP contribution is 2.58. The molecule has 0 atom stereocenters. The summed E-state index contributed by atoms with van der Waals surface area (Å²) in [6.07, 6.45) is 6.21. The normalized spacial score (nSPS) is 33.9. The number of carbonyl (C=O) groups excluding carboxylic acids is 3. The van der Waals surface area contributed by atoms with Gasteiger partial charge in [0, 0.05) is 10.0 Å². The number of urea groups is 1. The lowest BCUT2D eigenvalue weighted by atomic mass is 9.52. The van der Waals surface area contributed by atoms with Gasteiger partial charge in [-0.05, 0) is 74.5 Å². The van der Waals surface area contributed by atoms with Gasteiger partial charge in [-0.2, -0.15) is 0 Å². The van der Waals surface area contributed by atoms with Gasteiger partial charge in [-0.25, -0.2) is 9.69 Å². The van der Waals surface area contributed by atoms with Gasteiger partial charge in [-0.3, -0.25) is 14.5 Å². The first-order chi connectivity index (χ1) is 13.4. The van der Waals surface area contributed by atoms with Crippen LogP contribution in [0.3, 0.4) is 0 Å². The minimum atomic E-state index is -0.720. The SMILES string of the molecule is COc1ccc(Br)cc1CN1C(=O)C(=O)N(C23CC4CC(CC(C4)C2)C3)C1=O. The highest BCUT2D eigenvalue weighted by atomic mass is 79.9. The summed E-state index contributed by atoms with van der Waals surface area (Å²) in [5, 5.41) is 0. The van der Waals surface area contributed by atoms with Crippen LogP contribution >= 0.6 is 15.9 Å². The first-order valence-corrected chi connectivity index (χ1v) is 10.7. The molecule has 4 saturated carbocycles. The second-order valence-electron chi connectivity index (χ2n) is 8.91. The van der Waals surface area contributed by atoms with E-state index in [0.717, 1.165) is 28.6 Å². The number of nitrogens with zero attached hydrogens (tertiary/aromatic N) is 2. The summed E-state index contributed by atoms with van der Waals surface area (Å²) in [6, 6.07) is 4.97.